The second-order valence-electron chi connectivity index (χ2n) is 1.76. The number of rotatable bonds is 2. The second kappa shape index (κ2) is 2.28. The Morgan fingerprint density at radius 1 is 1.44 bits per heavy atom. The minimum Gasteiger partial charge on any atom is -0.479 e. The van der Waals surface area contributed by atoms with E-state index in [1.807, 2.05) is 0 Å². The van der Waals surface area contributed by atoms with Gasteiger partial charge in [0.2, 0.25) is 0 Å². The van der Waals surface area contributed by atoms with Crippen molar-refractivity contribution >= 4 is 5.97 Å². The smallest absolute Gasteiger partial charge is 0.341 e. The van der Waals surface area contributed by atoms with Crippen molar-refractivity contribution in [2.24, 2.45) is 22.9 Å². The Morgan fingerprint density at radius 3 is 1.78 bits per heavy atom. The summed E-state index contributed by atoms with van der Waals surface area (Å²) >= 11 is 0. The van der Waals surface area contributed by atoms with Crippen LogP contribution in [0.2, 0.25) is 0 Å². The summed E-state index contributed by atoms with van der Waals surface area (Å²) in [6, 6.07) is 0. The van der Waals surface area contributed by atoms with Crippen molar-refractivity contribution < 1.29 is 9.90 Å². The minimum atomic E-state index is -2.03. The lowest BCUT2D eigenvalue weighted by Crippen LogP contribution is -2.70. The molecule has 0 heterocycles. The maximum Gasteiger partial charge on any atom is 0.341 e. The van der Waals surface area contributed by atoms with Crippen LogP contribution in [0.1, 0.15) is 0 Å². The van der Waals surface area contributed by atoms with Crippen molar-refractivity contribution in [2.75, 3.05) is 0 Å². The zero-order valence-corrected chi connectivity index (χ0v) is 4.74. The molecule has 0 bridgehead atoms. The topological polar surface area (TPSA) is 141 Å². The Bertz CT molecular complexity index is 121. The van der Waals surface area contributed by atoms with E-state index in [0.29, 0.717) is 0 Å². The third-order valence-electron chi connectivity index (χ3n) is 0.922. The van der Waals surface area contributed by atoms with E-state index in [9.17, 15) is 4.79 Å². The van der Waals surface area contributed by atoms with E-state index in [-0.39, 0.29) is 0 Å². The van der Waals surface area contributed by atoms with Crippen LogP contribution in [0, 0.1) is 0 Å². The molecule has 6 heteroatoms. The molecule has 0 saturated carbocycles. The van der Waals surface area contributed by atoms with Crippen LogP contribution >= 0.6 is 0 Å². The van der Waals surface area contributed by atoms with E-state index < -0.39 is 17.8 Å². The third-order valence-corrected chi connectivity index (χ3v) is 0.922. The SMILES string of the molecule is NC(N)C(N)(N)C(=O)O. The molecule has 6 nitrogen and oxygen atoms in total. The standard InChI is InChI=1S/C3H10N4O2/c4-1(5)3(6,7)2(8)9/h1H,4-7H2,(H,8,9). The maximum absolute atomic E-state index is 10.1. The number of hydrogen-bond donors (Lipinski definition) is 5. The Morgan fingerprint density at radius 2 is 1.78 bits per heavy atom. The van der Waals surface area contributed by atoms with Gasteiger partial charge in [0, 0.05) is 0 Å². The zero-order chi connectivity index (χ0) is 7.65. The first kappa shape index (κ1) is 8.31. The Labute approximate surface area is 51.8 Å². The average molecular weight is 134 g/mol. The summed E-state index contributed by atoms with van der Waals surface area (Å²) in [6.45, 7) is 0. The Balaban J connectivity index is 4.19. The number of aliphatic carboxylic acids is 1. The van der Waals surface area contributed by atoms with Crippen molar-refractivity contribution in [3.05, 3.63) is 0 Å². The van der Waals surface area contributed by atoms with E-state index in [4.69, 9.17) is 28.0 Å². The molecular formula is C3H10N4O2. The van der Waals surface area contributed by atoms with Gasteiger partial charge in [-0.1, -0.05) is 0 Å². The number of nitrogens with two attached hydrogens (primary N) is 4. The molecule has 0 saturated heterocycles. The van der Waals surface area contributed by atoms with Gasteiger partial charge >= 0.3 is 5.97 Å². The Hall–Kier alpha value is -0.690. The Kier molecular flexibility index (Phi) is 2.10. The molecule has 0 rings (SSSR count). The highest BCUT2D eigenvalue weighted by atomic mass is 16.4. The molecule has 0 radical (unpaired) electrons. The van der Waals surface area contributed by atoms with Crippen molar-refractivity contribution in [2.45, 2.75) is 11.8 Å². The summed E-state index contributed by atoms with van der Waals surface area (Å²) in [5, 5.41) is 8.20. The van der Waals surface area contributed by atoms with E-state index in [0.717, 1.165) is 0 Å². The maximum atomic E-state index is 10.1. The van der Waals surface area contributed by atoms with Crippen LogP contribution in [-0.4, -0.2) is 22.9 Å². The molecule has 0 aliphatic carbocycles. The van der Waals surface area contributed by atoms with Crippen molar-refractivity contribution in [1.82, 2.24) is 0 Å². The highest BCUT2D eigenvalue weighted by molar-refractivity contribution is 5.78. The van der Waals surface area contributed by atoms with Gasteiger partial charge in [0.05, 0.1) is 6.17 Å². The van der Waals surface area contributed by atoms with Gasteiger partial charge in [-0.3, -0.25) is 0 Å². The summed E-state index contributed by atoms with van der Waals surface area (Å²) in [7, 11) is 0. The number of hydrogen-bond acceptors (Lipinski definition) is 5. The zero-order valence-electron chi connectivity index (χ0n) is 4.74. The predicted octanol–water partition coefficient (Wildman–Crippen LogP) is -3.07. The molecule has 0 aromatic rings. The average Bonchev–Trinajstić information content (AvgIpc) is 1.65. The number of carbonyl (C=O) groups is 1. The van der Waals surface area contributed by atoms with Gasteiger partial charge in [-0.15, -0.1) is 0 Å². The summed E-state index contributed by atoms with van der Waals surface area (Å²) in [5.41, 5.74) is 17.7. The summed E-state index contributed by atoms with van der Waals surface area (Å²) in [5.74, 6) is -1.42. The van der Waals surface area contributed by atoms with Crippen molar-refractivity contribution in [1.29, 1.82) is 0 Å². The predicted molar refractivity (Wildman–Crippen MR) is 30.9 cm³/mol. The summed E-state index contributed by atoms with van der Waals surface area (Å²) < 4.78 is 0. The van der Waals surface area contributed by atoms with Gasteiger partial charge in [-0.05, 0) is 0 Å². The molecule has 0 unspecified atom stereocenters. The molecule has 0 fully saturated rings. The minimum absolute atomic E-state index is 1.25. The fourth-order valence-electron chi connectivity index (χ4n) is 0.143. The van der Waals surface area contributed by atoms with Crippen molar-refractivity contribution in [3.63, 3.8) is 0 Å². The van der Waals surface area contributed by atoms with Crippen LogP contribution in [0.4, 0.5) is 0 Å². The molecule has 9 heavy (non-hydrogen) atoms. The molecule has 0 amide bonds. The highest BCUT2D eigenvalue weighted by Crippen LogP contribution is 1.89. The van der Waals surface area contributed by atoms with Crippen LogP contribution in [-0.2, 0) is 4.79 Å². The highest BCUT2D eigenvalue weighted by Gasteiger charge is 2.33. The van der Waals surface area contributed by atoms with E-state index in [1.165, 1.54) is 0 Å². The van der Waals surface area contributed by atoms with Gasteiger partial charge in [-0.25, -0.2) is 4.79 Å². The third kappa shape index (κ3) is 1.61. The summed E-state index contributed by atoms with van der Waals surface area (Å²) in [6.07, 6.45) is -1.25. The normalized spacial score (nSPS) is 12.1. The molecule has 0 atom stereocenters. The van der Waals surface area contributed by atoms with Gasteiger partial charge in [-0.2, -0.15) is 0 Å². The first-order valence-corrected chi connectivity index (χ1v) is 2.21. The quantitative estimate of drug-likeness (QED) is 0.254. The van der Waals surface area contributed by atoms with Crippen LogP contribution in [0.15, 0.2) is 0 Å². The largest absolute Gasteiger partial charge is 0.479 e. The second-order valence-corrected chi connectivity index (χ2v) is 1.76. The van der Waals surface area contributed by atoms with Gasteiger partial charge in [0.15, 0.2) is 5.66 Å². The fourth-order valence-corrected chi connectivity index (χ4v) is 0.143. The van der Waals surface area contributed by atoms with Crippen LogP contribution < -0.4 is 22.9 Å². The molecule has 0 aromatic carbocycles. The fraction of sp³-hybridized carbons (Fsp3) is 0.667. The molecule has 0 spiro atoms. The van der Waals surface area contributed by atoms with Gasteiger partial charge in [0.25, 0.3) is 0 Å². The van der Waals surface area contributed by atoms with E-state index in [1.54, 1.807) is 0 Å². The monoisotopic (exact) mass is 134 g/mol. The lowest BCUT2D eigenvalue weighted by atomic mass is 10.1. The molecule has 9 N–H and O–H groups in total. The lowest BCUT2D eigenvalue weighted by molar-refractivity contribution is -0.143. The molecule has 0 aromatic heterocycles. The van der Waals surface area contributed by atoms with Gasteiger partial charge in [0.1, 0.15) is 0 Å². The molecule has 0 aliphatic rings. The van der Waals surface area contributed by atoms with Crippen LogP contribution in [0.3, 0.4) is 0 Å². The van der Waals surface area contributed by atoms with E-state index >= 15 is 0 Å². The first-order valence-electron chi connectivity index (χ1n) is 2.21. The number of carboxylic acid groups (broad SMARTS) is 1. The van der Waals surface area contributed by atoms with Gasteiger partial charge < -0.3 is 28.0 Å². The molecule has 54 valence electrons. The number of carboxylic acids is 1. The molecule has 0 aliphatic heterocycles. The van der Waals surface area contributed by atoms with E-state index in [2.05, 4.69) is 0 Å². The first-order chi connectivity index (χ1) is 3.89. The van der Waals surface area contributed by atoms with Crippen LogP contribution in [0.25, 0.3) is 0 Å². The van der Waals surface area contributed by atoms with Crippen LogP contribution in [0.5, 0.6) is 0 Å². The summed E-state index contributed by atoms with van der Waals surface area (Å²) in [4.78, 5) is 10.1. The molecular weight excluding hydrogens is 124 g/mol. The van der Waals surface area contributed by atoms with Crippen molar-refractivity contribution in [3.8, 4) is 0 Å². The lowest BCUT2D eigenvalue weighted by Gasteiger charge is -2.22.